The van der Waals surface area contributed by atoms with Gasteiger partial charge < -0.3 is 5.11 Å². The first-order valence-electron chi connectivity index (χ1n) is 5.86. The van der Waals surface area contributed by atoms with Crippen molar-refractivity contribution in [3.63, 3.8) is 0 Å². The van der Waals surface area contributed by atoms with Gasteiger partial charge in [0.05, 0.1) is 12.0 Å². The van der Waals surface area contributed by atoms with Gasteiger partial charge in [-0.15, -0.1) is 0 Å². The number of halogens is 4. The number of rotatable bonds is 2. The Labute approximate surface area is 116 Å². The second kappa shape index (κ2) is 5.51. The average molecular weight is 343 g/mol. The monoisotopic (exact) mass is 342 g/mol. The van der Waals surface area contributed by atoms with E-state index in [-0.39, 0.29) is 18.8 Å². The fourth-order valence-corrected chi connectivity index (χ4v) is 4.08. The maximum atomic E-state index is 12.5. The van der Waals surface area contributed by atoms with Gasteiger partial charge in [0.15, 0.2) is 0 Å². The molecule has 1 aromatic rings. The third-order valence-corrected chi connectivity index (χ3v) is 5.39. The first-order chi connectivity index (χ1) is 8.39. The van der Waals surface area contributed by atoms with Crippen LogP contribution in [0.25, 0.3) is 0 Å². The Morgan fingerprint density at radius 1 is 1.22 bits per heavy atom. The molecule has 1 atom stereocenters. The summed E-state index contributed by atoms with van der Waals surface area (Å²) in [6.45, 7) is 0. The van der Waals surface area contributed by atoms with Crippen LogP contribution in [-0.4, -0.2) is 11.3 Å². The lowest BCUT2D eigenvalue weighted by atomic mass is 9.78. The number of hydrogen-bond acceptors (Lipinski definition) is 2. The smallest absolute Gasteiger partial charge is 0.388 e. The third-order valence-electron chi connectivity index (χ3n) is 3.64. The maximum absolute atomic E-state index is 12.5. The zero-order valence-electron chi connectivity index (χ0n) is 9.58. The predicted molar refractivity (Wildman–Crippen MR) is 68.5 cm³/mol. The van der Waals surface area contributed by atoms with Crippen molar-refractivity contribution in [2.75, 3.05) is 0 Å². The summed E-state index contributed by atoms with van der Waals surface area (Å²) in [5.74, 6) is -1.25. The molecule has 0 bridgehead atoms. The molecule has 1 aliphatic rings. The van der Waals surface area contributed by atoms with E-state index >= 15 is 0 Å². The zero-order chi connectivity index (χ0) is 13.3. The van der Waals surface area contributed by atoms with Crippen molar-refractivity contribution in [1.29, 1.82) is 0 Å². The van der Waals surface area contributed by atoms with E-state index in [1.54, 1.807) is 0 Å². The van der Waals surface area contributed by atoms with Gasteiger partial charge in [0.2, 0.25) is 0 Å². The second-order valence-electron chi connectivity index (χ2n) is 4.77. The van der Waals surface area contributed by atoms with Crippen LogP contribution in [0.15, 0.2) is 15.2 Å². The SMILES string of the molecule is OC(c1cscc1Br)C1CCC(C(F)(F)F)CC1. The number of aliphatic hydroxyl groups is 1. The molecule has 1 N–H and O–H groups in total. The molecule has 1 saturated carbocycles. The fraction of sp³-hybridized carbons (Fsp3) is 0.667. The van der Waals surface area contributed by atoms with E-state index in [2.05, 4.69) is 15.9 Å². The average Bonchev–Trinajstić information content (AvgIpc) is 2.73. The number of hydrogen-bond donors (Lipinski definition) is 1. The highest BCUT2D eigenvalue weighted by Crippen LogP contribution is 2.44. The molecule has 1 nitrogen and oxygen atoms in total. The molecule has 1 aromatic heterocycles. The summed E-state index contributed by atoms with van der Waals surface area (Å²) in [6, 6.07) is 0. The Morgan fingerprint density at radius 2 is 1.83 bits per heavy atom. The Morgan fingerprint density at radius 3 is 2.28 bits per heavy atom. The molecule has 1 unspecified atom stereocenters. The summed E-state index contributed by atoms with van der Waals surface area (Å²) in [5.41, 5.74) is 0.801. The van der Waals surface area contributed by atoms with Crippen molar-refractivity contribution in [2.24, 2.45) is 11.8 Å². The summed E-state index contributed by atoms with van der Waals surface area (Å²) in [4.78, 5) is 0. The van der Waals surface area contributed by atoms with Gasteiger partial charge in [-0.25, -0.2) is 0 Å². The Kier molecular flexibility index (Phi) is 4.39. The quantitative estimate of drug-likeness (QED) is 0.809. The van der Waals surface area contributed by atoms with Crippen LogP contribution in [0, 0.1) is 11.8 Å². The van der Waals surface area contributed by atoms with Gasteiger partial charge >= 0.3 is 6.18 Å². The molecule has 1 aliphatic carbocycles. The minimum Gasteiger partial charge on any atom is -0.388 e. The number of alkyl halides is 3. The van der Waals surface area contributed by atoms with Gasteiger partial charge in [0.1, 0.15) is 0 Å². The Bertz CT molecular complexity index is 396. The molecular weight excluding hydrogens is 329 g/mol. The molecule has 0 amide bonds. The molecule has 102 valence electrons. The highest BCUT2D eigenvalue weighted by atomic mass is 79.9. The molecule has 0 radical (unpaired) electrons. The topological polar surface area (TPSA) is 20.2 Å². The normalized spacial score (nSPS) is 27.2. The van der Waals surface area contributed by atoms with Crippen LogP contribution in [0.3, 0.4) is 0 Å². The van der Waals surface area contributed by atoms with Crippen molar-refractivity contribution >= 4 is 27.3 Å². The molecule has 6 heteroatoms. The lowest BCUT2D eigenvalue weighted by Crippen LogP contribution is -2.29. The predicted octanol–water partition coefficient (Wildman–Crippen LogP) is 4.91. The molecule has 2 rings (SSSR count). The van der Waals surface area contributed by atoms with Crippen molar-refractivity contribution in [2.45, 2.75) is 38.0 Å². The molecule has 0 aromatic carbocycles. The van der Waals surface area contributed by atoms with Gasteiger partial charge in [0, 0.05) is 15.4 Å². The van der Waals surface area contributed by atoms with Gasteiger partial charge in [-0.2, -0.15) is 24.5 Å². The number of aliphatic hydroxyl groups excluding tert-OH is 1. The van der Waals surface area contributed by atoms with Gasteiger partial charge in [-0.1, -0.05) is 0 Å². The van der Waals surface area contributed by atoms with Crippen LogP contribution in [-0.2, 0) is 0 Å². The van der Waals surface area contributed by atoms with E-state index in [1.807, 2.05) is 10.8 Å². The Hall–Kier alpha value is -0.0700. The first kappa shape index (κ1) is 14.3. The van der Waals surface area contributed by atoms with E-state index in [4.69, 9.17) is 0 Å². The Balaban J connectivity index is 1.96. The standard InChI is InChI=1S/C12H14BrF3OS/c13-10-6-18-5-9(10)11(17)7-1-3-8(4-2-7)12(14,15)16/h5-8,11,17H,1-4H2. The largest absolute Gasteiger partial charge is 0.391 e. The highest BCUT2D eigenvalue weighted by molar-refractivity contribution is 9.10. The van der Waals surface area contributed by atoms with Crippen LogP contribution >= 0.6 is 27.3 Å². The summed E-state index contributed by atoms with van der Waals surface area (Å²) in [6.07, 6.45) is -3.60. The number of thiophene rings is 1. The first-order valence-corrected chi connectivity index (χ1v) is 7.59. The molecule has 1 fully saturated rings. The van der Waals surface area contributed by atoms with E-state index in [0.29, 0.717) is 12.8 Å². The van der Waals surface area contributed by atoms with Crippen molar-refractivity contribution in [1.82, 2.24) is 0 Å². The van der Waals surface area contributed by atoms with E-state index in [0.717, 1.165) is 10.0 Å². The summed E-state index contributed by atoms with van der Waals surface area (Å²) >= 11 is 4.82. The van der Waals surface area contributed by atoms with Crippen molar-refractivity contribution in [3.05, 3.63) is 20.8 Å². The van der Waals surface area contributed by atoms with E-state index < -0.39 is 18.2 Å². The maximum Gasteiger partial charge on any atom is 0.391 e. The van der Waals surface area contributed by atoms with Crippen LogP contribution in [0.4, 0.5) is 13.2 Å². The van der Waals surface area contributed by atoms with Crippen LogP contribution in [0.2, 0.25) is 0 Å². The summed E-state index contributed by atoms with van der Waals surface area (Å²) in [5, 5.41) is 13.9. The molecule has 0 spiro atoms. The summed E-state index contributed by atoms with van der Waals surface area (Å²) in [7, 11) is 0. The third kappa shape index (κ3) is 3.08. The molecule has 0 aliphatic heterocycles. The van der Waals surface area contributed by atoms with Crippen LogP contribution in [0.5, 0.6) is 0 Å². The van der Waals surface area contributed by atoms with E-state index in [9.17, 15) is 18.3 Å². The zero-order valence-corrected chi connectivity index (χ0v) is 12.0. The lowest BCUT2D eigenvalue weighted by Gasteiger charge is -2.32. The molecule has 1 heterocycles. The van der Waals surface area contributed by atoms with Crippen LogP contribution in [0.1, 0.15) is 37.4 Å². The highest BCUT2D eigenvalue weighted by Gasteiger charge is 2.42. The molecule has 0 saturated heterocycles. The van der Waals surface area contributed by atoms with Crippen LogP contribution < -0.4 is 0 Å². The second-order valence-corrected chi connectivity index (χ2v) is 6.37. The van der Waals surface area contributed by atoms with Crippen molar-refractivity contribution < 1.29 is 18.3 Å². The molecule has 18 heavy (non-hydrogen) atoms. The minimum absolute atomic E-state index is 0.0606. The fourth-order valence-electron chi connectivity index (χ4n) is 2.52. The summed E-state index contributed by atoms with van der Waals surface area (Å²) < 4.78 is 38.5. The van der Waals surface area contributed by atoms with E-state index in [1.165, 1.54) is 11.3 Å². The van der Waals surface area contributed by atoms with Crippen molar-refractivity contribution in [3.8, 4) is 0 Å². The van der Waals surface area contributed by atoms with Gasteiger partial charge in [0.25, 0.3) is 0 Å². The minimum atomic E-state index is -4.08. The molecular formula is C12H14BrF3OS. The lowest BCUT2D eigenvalue weighted by molar-refractivity contribution is -0.185. The van der Waals surface area contributed by atoms with Gasteiger partial charge in [-0.3, -0.25) is 0 Å². The van der Waals surface area contributed by atoms with Gasteiger partial charge in [-0.05, 0) is 52.9 Å².